The third-order valence-electron chi connectivity index (χ3n) is 3.32. The van der Waals surface area contributed by atoms with Crippen LogP contribution in [0.3, 0.4) is 0 Å². The van der Waals surface area contributed by atoms with Gasteiger partial charge in [0.25, 0.3) is 0 Å². The summed E-state index contributed by atoms with van der Waals surface area (Å²) in [7, 11) is 0. The maximum Gasteiger partial charge on any atom is 0.137 e. The van der Waals surface area contributed by atoms with Crippen LogP contribution in [0.25, 0.3) is 0 Å². The van der Waals surface area contributed by atoms with Crippen molar-refractivity contribution in [2.45, 2.75) is 58.4 Å². The van der Waals surface area contributed by atoms with Crippen LogP contribution < -0.4 is 5.32 Å². The number of hydrogen-bond acceptors (Lipinski definition) is 3. The molecular formula is C13H20ClN3. The van der Waals surface area contributed by atoms with Crippen molar-refractivity contribution in [1.82, 2.24) is 9.97 Å². The zero-order chi connectivity index (χ0) is 12.4. The standard InChI is InChI=1S/C13H20ClN3/c1-8(2)12-16-11(14)9(3)13(17-12)15-10-6-4-5-7-10/h8,10H,4-7H2,1-3H3,(H,15,16,17). The Morgan fingerprint density at radius 1 is 1.24 bits per heavy atom. The highest BCUT2D eigenvalue weighted by Gasteiger charge is 2.18. The average molecular weight is 254 g/mol. The van der Waals surface area contributed by atoms with Gasteiger partial charge in [-0.15, -0.1) is 0 Å². The third-order valence-corrected chi connectivity index (χ3v) is 3.68. The van der Waals surface area contributed by atoms with E-state index in [0.717, 1.165) is 17.2 Å². The summed E-state index contributed by atoms with van der Waals surface area (Å²) in [6, 6.07) is 0.555. The molecule has 1 saturated carbocycles. The van der Waals surface area contributed by atoms with Crippen molar-refractivity contribution >= 4 is 17.4 Å². The number of aromatic nitrogens is 2. The highest BCUT2D eigenvalue weighted by molar-refractivity contribution is 6.30. The Morgan fingerprint density at radius 2 is 1.88 bits per heavy atom. The van der Waals surface area contributed by atoms with Gasteiger partial charge in [-0.05, 0) is 19.8 Å². The molecule has 0 spiro atoms. The minimum atomic E-state index is 0.303. The van der Waals surface area contributed by atoms with E-state index < -0.39 is 0 Å². The molecule has 17 heavy (non-hydrogen) atoms. The van der Waals surface area contributed by atoms with Gasteiger partial charge in [-0.1, -0.05) is 38.3 Å². The topological polar surface area (TPSA) is 37.8 Å². The van der Waals surface area contributed by atoms with Gasteiger partial charge in [0.05, 0.1) is 0 Å². The first-order valence-electron chi connectivity index (χ1n) is 6.38. The number of nitrogens with one attached hydrogen (secondary N) is 1. The van der Waals surface area contributed by atoms with E-state index in [1.165, 1.54) is 25.7 Å². The molecule has 1 fully saturated rings. The molecule has 2 rings (SSSR count). The first-order chi connectivity index (χ1) is 8.08. The van der Waals surface area contributed by atoms with E-state index in [1.807, 2.05) is 6.92 Å². The maximum atomic E-state index is 6.16. The highest BCUT2D eigenvalue weighted by atomic mass is 35.5. The SMILES string of the molecule is Cc1c(Cl)nc(C(C)C)nc1NC1CCCC1. The molecule has 0 aliphatic heterocycles. The fraction of sp³-hybridized carbons (Fsp3) is 0.692. The molecule has 0 saturated heterocycles. The van der Waals surface area contributed by atoms with Gasteiger partial charge < -0.3 is 5.32 Å². The van der Waals surface area contributed by atoms with Crippen LogP contribution in [0.5, 0.6) is 0 Å². The summed E-state index contributed by atoms with van der Waals surface area (Å²) in [6.45, 7) is 6.14. The second-order valence-electron chi connectivity index (χ2n) is 5.13. The second-order valence-corrected chi connectivity index (χ2v) is 5.48. The molecule has 0 radical (unpaired) electrons. The number of rotatable bonds is 3. The van der Waals surface area contributed by atoms with E-state index in [2.05, 4.69) is 29.1 Å². The summed E-state index contributed by atoms with van der Waals surface area (Å²) in [5.41, 5.74) is 0.961. The molecule has 1 heterocycles. The molecule has 0 aromatic carbocycles. The first kappa shape index (κ1) is 12.6. The Labute approximate surface area is 108 Å². The number of nitrogens with zero attached hydrogens (tertiary/aromatic N) is 2. The molecule has 1 N–H and O–H groups in total. The second kappa shape index (κ2) is 5.21. The molecule has 0 unspecified atom stereocenters. The van der Waals surface area contributed by atoms with Crippen LogP contribution in [0.2, 0.25) is 5.15 Å². The zero-order valence-corrected chi connectivity index (χ0v) is 11.5. The lowest BCUT2D eigenvalue weighted by Crippen LogP contribution is -2.17. The number of halogens is 1. The molecule has 3 nitrogen and oxygen atoms in total. The van der Waals surface area contributed by atoms with Crippen LogP contribution in [0.4, 0.5) is 5.82 Å². The minimum absolute atomic E-state index is 0.303. The van der Waals surface area contributed by atoms with Crippen molar-refractivity contribution in [1.29, 1.82) is 0 Å². The van der Waals surface area contributed by atoms with Gasteiger partial charge in [-0.2, -0.15) is 0 Å². The summed E-state index contributed by atoms with van der Waals surface area (Å²) in [5.74, 6) is 2.04. The molecule has 0 amide bonds. The quantitative estimate of drug-likeness (QED) is 0.830. The fourth-order valence-corrected chi connectivity index (χ4v) is 2.34. The van der Waals surface area contributed by atoms with E-state index in [4.69, 9.17) is 11.6 Å². The number of hydrogen-bond donors (Lipinski definition) is 1. The van der Waals surface area contributed by atoms with E-state index in [9.17, 15) is 0 Å². The average Bonchev–Trinajstić information content (AvgIpc) is 2.77. The molecule has 1 aromatic heterocycles. The van der Waals surface area contributed by atoms with Crippen LogP contribution >= 0.6 is 11.6 Å². The van der Waals surface area contributed by atoms with Gasteiger partial charge in [0.2, 0.25) is 0 Å². The van der Waals surface area contributed by atoms with E-state index in [0.29, 0.717) is 17.1 Å². The Hall–Kier alpha value is -0.830. The van der Waals surface area contributed by atoms with Crippen LogP contribution in [0, 0.1) is 6.92 Å². The van der Waals surface area contributed by atoms with Crippen molar-refractivity contribution < 1.29 is 0 Å². The summed E-state index contributed by atoms with van der Waals surface area (Å²) in [4.78, 5) is 8.91. The monoisotopic (exact) mass is 253 g/mol. The van der Waals surface area contributed by atoms with E-state index >= 15 is 0 Å². The smallest absolute Gasteiger partial charge is 0.137 e. The minimum Gasteiger partial charge on any atom is -0.367 e. The zero-order valence-electron chi connectivity index (χ0n) is 10.8. The molecular weight excluding hydrogens is 234 g/mol. The van der Waals surface area contributed by atoms with Gasteiger partial charge in [-0.25, -0.2) is 9.97 Å². The Balaban J connectivity index is 2.24. The lowest BCUT2D eigenvalue weighted by Gasteiger charge is -2.17. The van der Waals surface area contributed by atoms with Crippen molar-refractivity contribution in [3.8, 4) is 0 Å². The molecule has 94 valence electrons. The summed E-state index contributed by atoms with van der Waals surface area (Å²) >= 11 is 6.16. The van der Waals surface area contributed by atoms with Crippen molar-refractivity contribution in [2.75, 3.05) is 5.32 Å². The normalized spacial score (nSPS) is 16.8. The lowest BCUT2D eigenvalue weighted by molar-refractivity contribution is 0.732. The molecule has 1 aliphatic rings. The fourth-order valence-electron chi connectivity index (χ4n) is 2.17. The van der Waals surface area contributed by atoms with Crippen molar-refractivity contribution in [3.63, 3.8) is 0 Å². The third kappa shape index (κ3) is 2.89. The van der Waals surface area contributed by atoms with E-state index in [-0.39, 0.29) is 0 Å². The Kier molecular flexibility index (Phi) is 3.87. The predicted molar refractivity (Wildman–Crippen MR) is 71.7 cm³/mol. The van der Waals surface area contributed by atoms with Gasteiger partial charge >= 0.3 is 0 Å². The van der Waals surface area contributed by atoms with Crippen LogP contribution in [0.1, 0.15) is 56.8 Å². The Morgan fingerprint density at radius 3 is 2.47 bits per heavy atom. The lowest BCUT2D eigenvalue weighted by atomic mass is 10.2. The first-order valence-corrected chi connectivity index (χ1v) is 6.76. The van der Waals surface area contributed by atoms with Crippen molar-refractivity contribution in [3.05, 3.63) is 16.5 Å². The van der Waals surface area contributed by atoms with Gasteiger partial charge in [-0.3, -0.25) is 0 Å². The number of anilines is 1. The summed E-state index contributed by atoms with van der Waals surface area (Å²) in [5, 5.41) is 4.08. The molecule has 1 aromatic rings. The van der Waals surface area contributed by atoms with Crippen LogP contribution in [-0.2, 0) is 0 Å². The van der Waals surface area contributed by atoms with Gasteiger partial charge in [0.15, 0.2) is 0 Å². The summed E-state index contributed by atoms with van der Waals surface area (Å²) in [6.07, 6.45) is 5.09. The largest absolute Gasteiger partial charge is 0.367 e. The van der Waals surface area contributed by atoms with Crippen LogP contribution in [0.15, 0.2) is 0 Å². The molecule has 0 bridgehead atoms. The van der Waals surface area contributed by atoms with Gasteiger partial charge in [0.1, 0.15) is 16.8 Å². The highest BCUT2D eigenvalue weighted by Crippen LogP contribution is 2.27. The predicted octanol–water partition coefficient (Wildman–Crippen LogP) is 3.92. The summed E-state index contributed by atoms with van der Waals surface area (Å²) < 4.78 is 0. The molecule has 1 aliphatic carbocycles. The maximum absolute atomic E-state index is 6.16. The van der Waals surface area contributed by atoms with E-state index in [1.54, 1.807) is 0 Å². The van der Waals surface area contributed by atoms with Gasteiger partial charge in [0, 0.05) is 17.5 Å². The molecule has 0 atom stereocenters. The Bertz CT molecular complexity index is 398. The molecule has 4 heteroatoms. The van der Waals surface area contributed by atoms with Crippen molar-refractivity contribution in [2.24, 2.45) is 0 Å². The van der Waals surface area contributed by atoms with Crippen LogP contribution in [-0.4, -0.2) is 16.0 Å².